The number of benzene rings is 1. The second-order valence-electron chi connectivity index (χ2n) is 3.78. The molecule has 0 spiro atoms. The average Bonchev–Trinajstić information content (AvgIpc) is 2.74. The molecular formula is C12H14N4O2. The highest BCUT2D eigenvalue weighted by Crippen LogP contribution is 2.20. The van der Waals surface area contributed by atoms with Crippen molar-refractivity contribution in [2.24, 2.45) is 7.05 Å². The molecule has 0 aliphatic rings. The SMILES string of the molecule is COc1ccc(C(=O)Nc2ccn(C)n2)c(N)c1. The molecule has 0 bridgehead atoms. The number of carbonyl (C=O) groups is 1. The first kappa shape index (κ1) is 12.0. The lowest BCUT2D eigenvalue weighted by molar-refractivity contribution is 0.102. The molecule has 18 heavy (non-hydrogen) atoms. The predicted molar refractivity (Wildman–Crippen MR) is 68.6 cm³/mol. The summed E-state index contributed by atoms with van der Waals surface area (Å²) >= 11 is 0. The van der Waals surface area contributed by atoms with E-state index in [1.807, 2.05) is 0 Å². The molecule has 94 valence electrons. The topological polar surface area (TPSA) is 82.2 Å². The Balaban J connectivity index is 2.18. The standard InChI is InChI=1S/C12H14N4O2/c1-16-6-5-11(15-16)14-12(17)9-4-3-8(18-2)7-10(9)13/h3-7H,13H2,1-2H3,(H,14,15,17). The largest absolute Gasteiger partial charge is 0.497 e. The van der Waals surface area contributed by atoms with E-state index in [1.165, 1.54) is 0 Å². The third kappa shape index (κ3) is 2.42. The van der Waals surface area contributed by atoms with Gasteiger partial charge in [-0.15, -0.1) is 0 Å². The number of aromatic nitrogens is 2. The Bertz CT molecular complexity index is 577. The third-order valence-corrected chi connectivity index (χ3v) is 2.46. The van der Waals surface area contributed by atoms with Crippen LogP contribution < -0.4 is 15.8 Å². The summed E-state index contributed by atoms with van der Waals surface area (Å²) in [6, 6.07) is 6.61. The van der Waals surface area contributed by atoms with Crippen LogP contribution in [0.4, 0.5) is 11.5 Å². The number of hydrogen-bond donors (Lipinski definition) is 2. The average molecular weight is 246 g/mol. The predicted octanol–water partition coefficient (Wildman–Crippen LogP) is 1.26. The van der Waals surface area contributed by atoms with Gasteiger partial charge in [-0.2, -0.15) is 5.10 Å². The lowest BCUT2D eigenvalue weighted by Crippen LogP contribution is -2.14. The smallest absolute Gasteiger partial charge is 0.258 e. The number of methoxy groups -OCH3 is 1. The van der Waals surface area contributed by atoms with Crippen molar-refractivity contribution in [1.82, 2.24) is 9.78 Å². The highest BCUT2D eigenvalue weighted by molar-refractivity contribution is 6.07. The van der Waals surface area contributed by atoms with Crippen molar-refractivity contribution >= 4 is 17.4 Å². The summed E-state index contributed by atoms with van der Waals surface area (Å²) in [5.74, 6) is 0.799. The van der Waals surface area contributed by atoms with E-state index in [-0.39, 0.29) is 5.91 Å². The normalized spacial score (nSPS) is 10.1. The van der Waals surface area contributed by atoms with E-state index in [0.29, 0.717) is 22.8 Å². The Morgan fingerprint density at radius 3 is 2.78 bits per heavy atom. The van der Waals surface area contributed by atoms with E-state index in [0.717, 1.165) is 0 Å². The molecule has 1 aromatic carbocycles. The molecule has 6 heteroatoms. The van der Waals surface area contributed by atoms with Gasteiger partial charge >= 0.3 is 0 Å². The zero-order valence-corrected chi connectivity index (χ0v) is 10.2. The van der Waals surface area contributed by atoms with Crippen molar-refractivity contribution in [1.29, 1.82) is 0 Å². The van der Waals surface area contributed by atoms with Crippen LogP contribution in [0.3, 0.4) is 0 Å². The first-order valence-electron chi connectivity index (χ1n) is 5.34. The van der Waals surface area contributed by atoms with Gasteiger partial charge in [-0.1, -0.05) is 0 Å². The molecule has 0 fully saturated rings. The van der Waals surface area contributed by atoms with Crippen LogP contribution in [0.5, 0.6) is 5.75 Å². The number of nitrogen functional groups attached to an aromatic ring is 1. The zero-order valence-electron chi connectivity index (χ0n) is 10.2. The highest BCUT2D eigenvalue weighted by atomic mass is 16.5. The maximum Gasteiger partial charge on any atom is 0.258 e. The Labute approximate surface area is 104 Å². The van der Waals surface area contributed by atoms with Crippen molar-refractivity contribution in [3.05, 3.63) is 36.0 Å². The third-order valence-electron chi connectivity index (χ3n) is 2.46. The Hall–Kier alpha value is -2.50. The van der Waals surface area contributed by atoms with Crippen LogP contribution in [-0.4, -0.2) is 22.8 Å². The molecule has 0 radical (unpaired) electrons. The van der Waals surface area contributed by atoms with Crippen molar-refractivity contribution in [3.63, 3.8) is 0 Å². The van der Waals surface area contributed by atoms with Crippen molar-refractivity contribution in [2.45, 2.75) is 0 Å². The van der Waals surface area contributed by atoms with E-state index in [9.17, 15) is 4.79 Å². The molecule has 0 saturated carbocycles. The van der Waals surface area contributed by atoms with Gasteiger partial charge in [-0.3, -0.25) is 9.48 Å². The molecule has 0 aliphatic heterocycles. The van der Waals surface area contributed by atoms with E-state index >= 15 is 0 Å². The Morgan fingerprint density at radius 2 is 2.22 bits per heavy atom. The molecule has 1 heterocycles. The minimum Gasteiger partial charge on any atom is -0.497 e. The zero-order chi connectivity index (χ0) is 13.1. The lowest BCUT2D eigenvalue weighted by atomic mass is 10.1. The summed E-state index contributed by atoms with van der Waals surface area (Å²) in [6.07, 6.45) is 1.74. The maximum absolute atomic E-state index is 12.0. The van der Waals surface area contributed by atoms with Crippen LogP contribution in [0.1, 0.15) is 10.4 Å². The lowest BCUT2D eigenvalue weighted by Gasteiger charge is -2.07. The summed E-state index contributed by atoms with van der Waals surface area (Å²) in [6.45, 7) is 0. The minimum atomic E-state index is -0.297. The number of nitrogens with zero attached hydrogens (tertiary/aromatic N) is 2. The van der Waals surface area contributed by atoms with Gasteiger partial charge in [-0.25, -0.2) is 0 Å². The van der Waals surface area contributed by atoms with Gasteiger partial charge in [0.05, 0.1) is 12.7 Å². The quantitative estimate of drug-likeness (QED) is 0.799. The number of hydrogen-bond acceptors (Lipinski definition) is 4. The number of nitrogens with one attached hydrogen (secondary N) is 1. The van der Waals surface area contributed by atoms with Gasteiger partial charge < -0.3 is 15.8 Å². The summed E-state index contributed by atoms with van der Waals surface area (Å²) in [4.78, 5) is 12.0. The molecule has 2 aromatic rings. The van der Waals surface area contributed by atoms with Crippen LogP contribution in [0.25, 0.3) is 0 Å². The number of aryl methyl sites for hydroxylation is 1. The summed E-state index contributed by atoms with van der Waals surface area (Å²) in [5.41, 5.74) is 6.54. The van der Waals surface area contributed by atoms with E-state index in [4.69, 9.17) is 10.5 Å². The Morgan fingerprint density at radius 1 is 1.44 bits per heavy atom. The minimum absolute atomic E-state index is 0.297. The number of nitrogens with two attached hydrogens (primary N) is 1. The van der Waals surface area contributed by atoms with Gasteiger partial charge in [0.1, 0.15) is 5.75 Å². The second kappa shape index (κ2) is 4.79. The fourth-order valence-electron chi connectivity index (χ4n) is 1.54. The molecule has 0 atom stereocenters. The first-order valence-corrected chi connectivity index (χ1v) is 5.34. The van der Waals surface area contributed by atoms with Crippen LogP contribution in [0.15, 0.2) is 30.5 Å². The summed E-state index contributed by atoms with van der Waals surface area (Å²) in [5, 5.41) is 6.72. The van der Waals surface area contributed by atoms with Gasteiger partial charge in [0, 0.05) is 31.1 Å². The Kier molecular flexibility index (Phi) is 3.18. The highest BCUT2D eigenvalue weighted by Gasteiger charge is 2.11. The molecular weight excluding hydrogens is 232 g/mol. The van der Waals surface area contributed by atoms with Crippen LogP contribution in [0.2, 0.25) is 0 Å². The number of anilines is 2. The molecule has 0 aliphatic carbocycles. The summed E-state index contributed by atoms with van der Waals surface area (Å²) in [7, 11) is 3.32. The van der Waals surface area contributed by atoms with Crippen LogP contribution in [-0.2, 0) is 7.05 Å². The number of carbonyl (C=O) groups excluding carboxylic acids is 1. The van der Waals surface area contributed by atoms with Crippen LogP contribution >= 0.6 is 0 Å². The fraction of sp³-hybridized carbons (Fsp3) is 0.167. The van der Waals surface area contributed by atoms with Gasteiger partial charge in [0.25, 0.3) is 5.91 Å². The van der Waals surface area contributed by atoms with Crippen molar-refractivity contribution in [3.8, 4) is 5.75 Å². The van der Waals surface area contributed by atoms with Gasteiger partial charge in [0.2, 0.25) is 0 Å². The molecule has 1 aromatic heterocycles. The molecule has 3 N–H and O–H groups in total. The van der Waals surface area contributed by atoms with Crippen LogP contribution in [0, 0.1) is 0 Å². The molecule has 2 rings (SSSR count). The number of rotatable bonds is 3. The molecule has 1 amide bonds. The molecule has 0 saturated heterocycles. The van der Waals surface area contributed by atoms with E-state index < -0.39 is 0 Å². The summed E-state index contributed by atoms with van der Waals surface area (Å²) < 4.78 is 6.63. The molecule has 0 unspecified atom stereocenters. The monoisotopic (exact) mass is 246 g/mol. The number of amides is 1. The van der Waals surface area contributed by atoms with E-state index in [2.05, 4.69) is 10.4 Å². The fourth-order valence-corrected chi connectivity index (χ4v) is 1.54. The van der Waals surface area contributed by atoms with E-state index in [1.54, 1.807) is 49.3 Å². The van der Waals surface area contributed by atoms with Crippen molar-refractivity contribution < 1.29 is 9.53 Å². The van der Waals surface area contributed by atoms with Crippen molar-refractivity contribution in [2.75, 3.05) is 18.2 Å². The maximum atomic E-state index is 12.0. The first-order chi connectivity index (χ1) is 8.60. The number of ether oxygens (including phenoxy) is 1. The van der Waals surface area contributed by atoms with Gasteiger partial charge in [-0.05, 0) is 12.1 Å². The molecule has 6 nitrogen and oxygen atoms in total. The second-order valence-corrected chi connectivity index (χ2v) is 3.78. The van der Waals surface area contributed by atoms with Gasteiger partial charge in [0.15, 0.2) is 5.82 Å².